The third-order valence-corrected chi connectivity index (χ3v) is 0. The van der Waals surface area contributed by atoms with Gasteiger partial charge in [0.05, 0.1) is 0 Å². The van der Waals surface area contributed by atoms with E-state index in [4.69, 9.17) is 14.7 Å². The van der Waals surface area contributed by atoms with Crippen LogP contribution in [0.5, 0.6) is 0 Å². The lowest BCUT2D eigenvalue weighted by atomic mass is 14.0. The minimum absolute atomic E-state index is 0. The minimum atomic E-state index is -2.62. The van der Waals surface area contributed by atoms with Crippen LogP contribution in [0.3, 0.4) is 0 Å². The van der Waals surface area contributed by atoms with Gasteiger partial charge in [0.2, 0.25) is 0 Å². The fourth-order valence-corrected chi connectivity index (χ4v) is 0. The lowest BCUT2D eigenvalue weighted by Crippen LogP contribution is -1.54. The molecule has 0 aromatic rings. The Kier molecular flexibility index (Phi) is 24.4. The molecule has 0 aromatic carbocycles. The van der Waals surface area contributed by atoms with Gasteiger partial charge in [-0.05, 0) is 0 Å². The summed E-state index contributed by atoms with van der Waals surface area (Å²) in [7, 11) is -2.62. The molecule has 5 nitrogen and oxygen atoms in total. The second kappa shape index (κ2) is 8.97. The van der Waals surface area contributed by atoms with Crippen molar-refractivity contribution in [2.45, 2.75) is 0 Å². The first-order chi connectivity index (χ1) is 1.73. The monoisotopic (exact) mass is 117 g/mol. The third kappa shape index (κ3) is 834. The summed E-state index contributed by atoms with van der Waals surface area (Å²) in [5, 5.41) is 0. The van der Waals surface area contributed by atoms with E-state index in [-0.39, 0.29) is 11.6 Å². The molecule has 0 unspecified atom stereocenters. The molecule has 0 bridgehead atoms. The second-order valence-electron chi connectivity index (χ2n) is 0.268. The van der Waals surface area contributed by atoms with Gasteiger partial charge in [0, 0.05) is 0 Å². The molecule has 0 aliphatic carbocycles. The Hall–Kier alpha value is 0.230. The molecular formula is H8NO4P. The van der Waals surface area contributed by atoms with Crippen LogP contribution in [0, 0.1) is 0 Å². The molecule has 0 saturated heterocycles. The number of hydrogen-bond donors (Lipinski definition) is 4. The lowest BCUT2D eigenvalue weighted by Gasteiger charge is -1.76. The van der Waals surface area contributed by atoms with Crippen LogP contribution in [0.2, 0.25) is 0 Å². The van der Waals surface area contributed by atoms with Crippen molar-refractivity contribution in [1.82, 2.24) is 6.15 Å². The Labute approximate surface area is 36.1 Å². The van der Waals surface area contributed by atoms with E-state index < -0.39 is 8.60 Å². The summed E-state index contributed by atoms with van der Waals surface area (Å²) in [5.41, 5.74) is 0. The van der Waals surface area contributed by atoms with Gasteiger partial charge in [0.15, 0.2) is 0 Å². The van der Waals surface area contributed by atoms with Gasteiger partial charge in [-0.3, -0.25) is 0 Å². The van der Waals surface area contributed by atoms with Gasteiger partial charge in [0.1, 0.15) is 0 Å². The normalized spacial score (nSPS) is 6.00. The summed E-state index contributed by atoms with van der Waals surface area (Å²) < 4.78 is 0. The fraction of sp³-hybridized carbons (Fsp3) is 0. The SMILES string of the molecule is N.O.OP(O)O. The molecular weight excluding hydrogens is 109 g/mol. The Bertz CT molecular complexity index is 12.3. The molecule has 0 saturated carbocycles. The van der Waals surface area contributed by atoms with E-state index in [2.05, 4.69) is 0 Å². The van der Waals surface area contributed by atoms with Gasteiger partial charge >= 0.3 is 8.60 Å². The van der Waals surface area contributed by atoms with Crippen LogP contribution in [0.1, 0.15) is 0 Å². The van der Waals surface area contributed by atoms with Crippen LogP contribution in [0.4, 0.5) is 0 Å². The highest BCUT2D eigenvalue weighted by molar-refractivity contribution is 7.38. The predicted molar refractivity (Wildman–Crippen MR) is 22.2 cm³/mol. The van der Waals surface area contributed by atoms with Crippen LogP contribution in [-0.4, -0.2) is 20.2 Å². The average Bonchev–Trinajstić information content (AvgIpc) is 0.811. The lowest BCUT2D eigenvalue weighted by molar-refractivity contribution is 0.368. The van der Waals surface area contributed by atoms with Crippen molar-refractivity contribution in [1.29, 1.82) is 0 Å². The Morgan fingerprint density at radius 2 is 1.00 bits per heavy atom. The first-order valence-electron chi connectivity index (χ1n) is 0.600. The Morgan fingerprint density at radius 1 is 1.00 bits per heavy atom. The van der Waals surface area contributed by atoms with Crippen molar-refractivity contribution >= 4 is 8.60 Å². The maximum atomic E-state index is 7.23. The molecule has 0 heterocycles. The molecule has 0 rings (SSSR count). The van der Waals surface area contributed by atoms with E-state index in [1.807, 2.05) is 0 Å². The number of rotatable bonds is 0. The molecule has 0 aliphatic heterocycles. The van der Waals surface area contributed by atoms with Crippen LogP contribution in [0.25, 0.3) is 0 Å². The molecule has 0 aromatic heterocycles. The summed E-state index contributed by atoms with van der Waals surface area (Å²) in [6, 6.07) is 0. The largest absolute Gasteiger partial charge is 0.412 e. The molecule has 42 valence electrons. The van der Waals surface area contributed by atoms with Gasteiger partial charge in [-0.15, -0.1) is 0 Å². The summed E-state index contributed by atoms with van der Waals surface area (Å²) >= 11 is 0. The van der Waals surface area contributed by atoms with E-state index >= 15 is 0 Å². The standard InChI is InChI=1S/H3N.H3O3P.H2O/c;1-4(2)3;/h1H3;1-3H;1H2. The maximum Gasteiger partial charge on any atom is 0.324 e. The zero-order valence-electron chi connectivity index (χ0n) is 3.00. The van der Waals surface area contributed by atoms with Crippen molar-refractivity contribution in [2.75, 3.05) is 0 Å². The molecule has 0 fully saturated rings. The second-order valence-corrected chi connectivity index (χ2v) is 0.805. The first kappa shape index (κ1) is 16.3. The highest BCUT2D eigenvalue weighted by Crippen LogP contribution is 2.11. The van der Waals surface area contributed by atoms with Crippen molar-refractivity contribution in [3.8, 4) is 0 Å². The molecule has 6 heavy (non-hydrogen) atoms. The quantitative estimate of drug-likeness (QED) is 0.288. The average molecular weight is 117 g/mol. The molecule has 0 spiro atoms. The van der Waals surface area contributed by atoms with E-state index in [1.165, 1.54) is 0 Å². The van der Waals surface area contributed by atoms with Gasteiger partial charge in [0.25, 0.3) is 0 Å². The van der Waals surface area contributed by atoms with Gasteiger partial charge in [-0.25, -0.2) is 0 Å². The molecule has 0 aliphatic rings. The van der Waals surface area contributed by atoms with Crippen LogP contribution >= 0.6 is 8.60 Å². The summed E-state index contributed by atoms with van der Waals surface area (Å²) in [6.07, 6.45) is 0. The van der Waals surface area contributed by atoms with E-state index in [9.17, 15) is 0 Å². The minimum Gasteiger partial charge on any atom is -0.412 e. The Morgan fingerprint density at radius 3 is 1.00 bits per heavy atom. The summed E-state index contributed by atoms with van der Waals surface area (Å²) in [4.78, 5) is 21.7. The molecule has 0 radical (unpaired) electrons. The maximum absolute atomic E-state index is 7.23. The van der Waals surface area contributed by atoms with Crippen LogP contribution < -0.4 is 6.15 Å². The highest BCUT2D eigenvalue weighted by atomic mass is 31.2. The van der Waals surface area contributed by atoms with Gasteiger partial charge in [-0.2, -0.15) is 0 Å². The van der Waals surface area contributed by atoms with Crippen molar-refractivity contribution in [2.24, 2.45) is 0 Å². The third-order valence-electron chi connectivity index (χ3n) is 0. The zero-order chi connectivity index (χ0) is 3.58. The molecule has 0 amide bonds. The number of hydrogen-bond acceptors (Lipinski definition) is 4. The smallest absolute Gasteiger partial charge is 0.324 e. The van der Waals surface area contributed by atoms with Gasteiger partial charge in [-0.1, -0.05) is 0 Å². The summed E-state index contributed by atoms with van der Waals surface area (Å²) in [6.45, 7) is 0. The van der Waals surface area contributed by atoms with Crippen molar-refractivity contribution in [3.05, 3.63) is 0 Å². The van der Waals surface area contributed by atoms with Crippen molar-refractivity contribution in [3.63, 3.8) is 0 Å². The van der Waals surface area contributed by atoms with E-state index in [0.717, 1.165) is 0 Å². The summed E-state index contributed by atoms with van der Waals surface area (Å²) in [5.74, 6) is 0. The highest BCUT2D eigenvalue weighted by Gasteiger charge is 1.76. The Balaban J connectivity index is -0.0000000450. The molecule has 6 heteroatoms. The van der Waals surface area contributed by atoms with Gasteiger partial charge < -0.3 is 26.3 Å². The molecule has 0 atom stereocenters. The first-order valence-corrected chi connectivity index (χ1v) is 1.80. The van der Waals surface area contributed by atoms with Crippen LogP contribution in [0.15, 0.2) is 0 Å². The van der Waals surface area contributed by atoms with E-state index in [1.54, 1.807) is 0 Å². The van der Waals surface area contributed by atoms with E-state index in [0.29, 0.717) is 0 Å². The molecule has 8 N–H and O–H groups in total. The van der Waals surface area contributed by atoms with Crippen LogP contribution in [-0.2, 0) is 0 Å². The zero-order valence-corrected chi connectivity index (χ0v) is 3.89. The topological polar surface area (TPSA) is 127 Å². The predicted octanol–water partition coefficient (Wildman–Crippen LogP) is -1.47. The fourth-order valence-electron chi connectivity index (χ4n) is 0. The van der Waals surface area contributed by atoms with Crippen molar-refractivity contribution < 1.29 is 20.2 Å².